The molecule has 0 aliphatic heterocycles. The monoisotopic (exact) mass is 381 g/mol. The molecule has 0 radical (unpaired) electrons. The summed E-state index contributed by atoms with van der Waals surface area (Å²) in [6, 6.07) is 9.00. The predicted molar refractivity (Wildman–Crippen MR) is 91.4 cm³/mol. The molecule has 1 N–H and O–H groups in total. The molecule has 1 aromatic heterocycles. The van der Waals surface area contributed by atoms with E-state index in [1.165, 1.54) is 11.3 Å². The van der Waals surface area contributed by atoms with Crippen LogP contribution in [-0.4, -0.2) is 18.0 Å². The second kappa shape index (κ2) is 7.07. The Bertz CT molecular complexity index is 711. The maximum absolute atomic E-state index is 12.1. The Morgan fingerprint density at radius 2 is 2.00 bits per heavy atom. The van der Waals surface area contributed by atoms with Crippen LogP contribution in [0.4, 0.5) is 5.69 Å². The van der Waals surface area contributed by atoms with Crippen LogP contribution in [0.1, 0.15) is 27.0 Å². The Kier molecular flexibility index (Phi) is 5.37. The molecule has 1 amide bonds. The number of benzene rings is 1. The molecule has 0 aliphatic rings. The predicted octanol–water partition coefficient (Wildman–Crippen LogP) is 4.31. The number of halogens is 1. The molecular formula is C16H16BrNO3S. The fraction of sp³-hybridized carbons (Fsp3) is 0.250. The smallest absolute Gasteiger partial charge is 0.340 e. The third-order valence-corrected chi connectivity index (χ3v) is 4.47. The number of ether oxygens (including phenoxy) is 1. The first-order valence-electron chi connectivity index (χ1n) is 6.71. The average molecular weight is 382 g/mol. The average Bonchev–Trinajstić information content (AvgIpc) is 2.77. The number of hydrogen-bond donors (Lipinski definition) is 1. The molecule has 116 valence electrons. The molecule has 1 atom stereocenters. The van der Waals surface area contributed by atoms with E-state index in [9.17, 15) is 9.59 Å². The minimum absolute atomic E-state index is 0.365. The fourth-order valence-electron chi connectivity index (χ4n) is 1.92. The highest BCUT2D eigenvalue weighted by atomic mass is 79.9. The SMILES string of the molecule is Cc1cc(C(=O)O[C@H](C)C(=O)Nc2cccc(Br)c2)c(C)s1. The van der Waals surface area contributed by atoms with Gasteiger partial charge in [-0.15, -0.1) is 11.3 Å². The van der Waals surface area contributed by atoms with E-state index in [1.54, 1.807) is 25.1 Å². The third-order valence-electron chi connectivity index (χ3n) is 3.01. The first kappa shape index (κ1) is 16.7. The summed E-state index contributed by atoms with van der Waals surface area (Å²) in [6.07, 6.45) is -0.869. The lowest BCUT2D eigenvalue weighted by Gasteiger charge is -2.13. The van der Waals surface area contributed by atoms with Crippen molar-refractivity contribution in [1.29, 1.82) is 0 Å². The maximum Gasteiger partial charge on any atom is 0.340 e. The van der Waals surface area contributed by atoms with Crippen LogP contribution < -0.4 is 5.32 Å². The Labute approximate surface area is 141 Å². The first-order chi connectivity index (χ1) is 10.4. The van der Waals surface area contributed by atoms with Gasteiger partial charge in [-0.3, -0.25) is 4.79 Å². The van der Waals surface area contributed by atoms with Crippen molar-refractivity contribution in [1.82, 2.24) is 0 Å². The summed E-state index contributed by atoms with van der Waals surface area (Å²) in [5, 5.41) is 2.72. The lowest BCUT2D eigenvalue weighted by molar-refractivity contribution is -0.123. The molecule has 6 heteroatoms. The first-order valence-corrected chi connectivity index (χ1v) is 8.32. The normalized spacial score (nSPS) is 11.8. The van der Waals surface area contributed by atoms with Gasteiger partial charge in [0.05, 0.1) is 5.56 Å². The minimum Gasteiger partial charge on any atom is -0.449 e. The second-order valence-electron chi connectivity index (χ2n) is 4.87. The van der Waals surface area contributed by atoms with Gasteiger partial charge in [0.15, 0.2) is 6.10 Å². The van der Waals surface area contributed by atoms with Gasteiger partial charge < -0.3 is 10.1 Å². The number of anilines is 1. The molecule has 0 unspecified atom stereocenters. The molecule has 0 fully saturated rings. The number of aryl methyl sites for hydroxylation is 2. The molecule has 0 saturated carbocycles. The van der Waals surface area contributed by atoms with Gasteiger partial charge in [0.2, 0.25) is 0 Å². The van der Waals surface area contributed by atoms with Gasteiger partial charge in [0.25, 0.3) is 5.91 Å². The van der Waals surface area contributed by atoms with Gasteiger partial charge in [-0.2, -0.15) is 0 Å². The summed E-state index contributed by atoms with van der Waals surface area (Å²) < 4.78 is 6.10. The van der Waals surface area contributed by atoms with Crippen molar-refractivity contribution in [3.05, 3.63) is 50.1 Å². The van der Waals surface area contributed by atoms with Crippen molar-refractivity contribution in [2.45, 2.75) is 26.9 Å². The van der Waals surface area contributed by atoms with E-state index in [2.05, 4.69) is 21.2 Å². The molecule has 22 heavy (non-hydrogen) atoms. The van der Waals surface area contributed by atoms with E-state index in [1.807, 2.05) is 26.0 Å². The number of rotatable bonds is 4. The zero-order valence-corrected chi connectivity index (χ0v) is 14.9. The molecule has 0 bridgehead atoms. The number of amides is 1. The van der Waals surface area contributed by atoms with Gasteiger partial charge >= 0.3 is 5.97 Å². The van der Waals surface area contributed by atoms with Crippen molar-refractivity contribution < 1.29 is 14.3 Å². The Hall–Kier alpha value is -1.66. The molecule has 1 aromatic carbocycles. The molecule has 0 spiro atoms. The molecule has 0 aliphatic carbocycles. The van der Waals surface area contributed by atoms with Gasteiger partial charge in [-0.25, -0.2) is 4.79 Å². The Morgan fingerprint density at radius 3 is 2.59 bits per heavy atom. The largest absolute Gasteiger partial charge is 0.449 e. The summed E-state index contributed by atoms with van der Waals surface area (Å²) in [7, 11) is 0. The number of hydrogen-bond acceptors (Lipinski definition) is 4. The van der Waals surface area contributed by atoms with Crippen molar-refractivity contribution in [3.63, 3.8) is 0 Å². The third kappa shape index (κ3) is 4.18. The van der Waals surface area contributed by atoms with E-state index >= 15 is 0 Å². The number of carbonyl (C=O) groups is 2. The molecule has 1 heterocycles. The topological polar surface area (TPSA) is 55.4 Å². The summed E-state index contributed by atoms with van der Waals surface area (Å²) in [5.41, 5.74) is 1.16. The fourth-order valence-corrected chi connectivity index (χ4v) is 3.23. The van der Waals surface area contributed by atoms with E-state index < -0.39 is 12.1 Å². The van der Waals surface area contributed by atoms with Gasteiger partial charge in [0, 0.05) is 19.9 Å². The van der Waals surface area contributed by atoms with Gasteiger partial charge in [-0.05, 0) is 45.0 Å². The molecule has 2 aromatic rings. The Morgan fingerprint density at radius 1 is 1.27 bits per heavy atom. The van der Waals surface area contributed by atoms with E-state index in [4.69, 9.17) is 4.74 Å². The quantitative estimate of drug-likeness (QED) is 0.802. The van der Waals surface area contributed by atoms with Crippen LogP contribution in [0, 0.1) is 13.8 Å². The van der Waals surface area contributed by atoms with Crippen molar-refractivity contribution >= 4 is 44.8 Å². The van der Waals surface area contributed by atoms with E-state index in [-0.39, 0.29) is 5.91 Å². The van der Waals surface area contributed by atoms with Crippen LogP contribution in [0.5, 0.6) is 0 Å². The van der Waals surface area contributed by atoms with Crippen molar-refractivity contribution in [2.24, 2.45) is 0 Å². The molecule has 4 nitrogen and oxygen atoms in total. The van der Waals surface area contributed by atoms with Crippen LogP contribution >= 0.6 is 27.3 Å². The summed E-state index contributed by atoms with van der Waals surface area (Å²) in [4.78, 5) is 26.1. The highest BCUT2D eigenvalue weighted by Gasteiger charge is 2.21. The van der Waals surface area contributed by atoms with Crippen LogP contribution in [0.2, 0.25) is 0 Å². The number of carbonyl (C=O) groups excluding carboxylic acids is 2. The molecule has 2 rings (SSSR count). The van der Waals surface area contributed by atoms with Gasteiger partial charge in [0.1, 0.15) is 0 Å². The van der Waals surface area contributed by atoms with E-state index in [0.29, 0.717) is 11.3 Å². The Balaban J connectivity index is 1.99. The highest BCUT2D eigenvalue weighted by Crippen LogP contribution is 2.22. The molecule has 0 saturated heterocycles. The summed E-state index contributed by atoms with van der Waals surface area (Å²) in [6.45, 7) is 5.35. The second-order valence-corrected chi connectivity index (χ2v) is 7.25. The highest BCUT2D eigenvalue weighted by molar-refractivity contribution is 9.10. The van der Waals surface area contributed by atoms with Crippen LogP contribution in [0.25, 0.3) is 0 Å². The zero-order chi connectivity index (χ0) is 16.3. The number of thiophene rings is 1. The van der Waals surface area contributed by atoms with Crippen LogP contribution in [-0.2, 0) is 9.53 Å². The number of nitrogens with one attached hydrogen (secondary N) is 1. The zero-order valence-electron chi connectivity index (χ0n) is 12.5. The van der Waals surface area contributed by atoms with Crippen LogP contribution in [0.3, 0.4) is 0 Å². The maximum atomic E-state index is 12.1. The lowest BCUT2D eigenvalue weighted by Crippen LogP contribution is -2.30. The van der Waals surface area contributed by atoms with E-state index in [0.717, 1.165) is 14.2 Å². The van der Waals surface area contributed by atoms with Crippen molar-refractivity contribution in [2.75, 3.05) is 5.32 Å². The van der Waals surface area contributed by atoms with Gasteiger partial charge in [-0.1, -0.05) is 22.0 Å². The minimum atomic E-state index is -0.869. The van der Waals surface area contributed by atoms with Crippen LogP contribution in [0.15, 0.2) is 34.8 Å². The lowest BCUT2D eigenvalue weighted by atomic mass is 10.2. The summed E-state index contributed by atoms with van der Waals surface area (Å²) in [5.74, 6) is -0.838. The standard InChI is InChI=1S/C16H16BrNO3S/c1-9-7-14(11(3)22-9)16(20)21-10(2)15(19)18-13-6-4-5-12(17)8-13/h4-8,10H,1-3H3,(H,18,19)/t10-/m1/s1. The number of esters is 1. The molecular weight excluding hydrogens is 366 g/mol. The van der Waals surface area contributed by atoms with Crippen molar-refractivity contribution in [3.8, 4) is 0 Å². The summed E-state index contributed by atoms with van der Waals surface area (Å²) >= 11 is 4.87.